The summed E-state index contributed by atoms with van der Waals surface area (Å²) in [7, 11) is -3.50. The van der Waals surface area contributed by atoms with Crippen LogP contribution in [-0.4, -0.2) is 19.5 Å². The first-order chi connectivity index (χ1) is 9.99. The molecule has 7 heteroatoms. The van der Waals surface area contributed by atoms with Crippen LogP contribution in [0.2, 0.25) is 0 Å². The van der Waals surface area contributed by atoms with Gasteiger partial charge in [-0.2, -0.15) is 0 Å². The summed E-state index contributed by atoms with van der Waals surface area (Å²) in [6.07, 6.45) is 2.88. The van der Waals surface area contributed by atoms with Crippen molar-refractivity contribution in [2.24, 2.45) is 0 Å². The Bertz CT molecular complexity index is 775. The van der Waals surface area contributed by atoms with Gasteiger partial charge in [0.15, 0.2) is 0 Å². The number of benzene rings is 1. The molecular weight excluding hydrogens is 308 g/mol. The Hall–Kier alpha value is -1.18. The maximum Gasteiger partial charge on any atom is 0.308 e. The van der Waals surface area contributed by atoms with Crippen molar-refractivity contribution >= 4 is 31.6 Å². The molecule has 2 rings (SSSR count). The highest BCUT2D eigenvalue weighted by molar-refractivity contribution is 7.89. The molecule has 0 aliphatic heterocycles. The van der Waals surface area contributed by atoms with Crippen molar-refractivity contribution < 1.29 is 8.42 Å². The molecular formula is C14H20N2O3S2. The standard InChI is InChI=1S/C14H20N2O3S2/c1-3-5-6-9-15-21(18,19)11-7-8-12-13(10-11)20-14(17)16(12)4-2/h7-8,10,15H,3-6,9H2,1-2H3. The zero-order valence-corrected chi connectivity index (χ0v) is 13.9. The van der Waals surface area contributed by atoms with Crippen molar-refractivity contribution in [2.45, 2.75) is 44.6 Å². The van der Waals surface area contributed by atoms with Crippen LogP contribution in [0.15, 0.2) is 27.9 Å². The average molecular weight is 328 g/mol. The Kier molecular flexibility index (Phi) is 5.18. The number of nitrogens with one attached hydrogen (secondary N) is 1. The number of aromatic nitrogens is 1. The number of sulfonamides is 1. The normalized spacial score (nSPS) is 12.1. The maximum atomic E-state index is 12.2. The highest BCUT2D eigenvalue weighted by Gasteiger charge is 2.15. The van der Waals surface area contributed by atoms with E-state index in [4.69, 9.17) is 0 Å². The van der Waals surface area contributed by atoms with Gasteiger partial charge in [-0.25, -0.2) is 13.1 Å². The molecule has 21 heavy (non-hydrogen) atoms. The molecule has 2 aromatic rings. The van der Waals surface area contributed by atoms with Crippen LogP contribution < -0.4 is 9.60 Å². The number of nitrogens with zero attached hydrogens (tertiary/aromatic N) is 1. The van der Waals surface area contributed by atoms with E-state index in [0.29, 0.717) is 17.8 Å². The van der Waals surface area contributed by atoms with Crippen LogP contribution in [0.25, 0.3) is 10.2 Å². The summed E-state index contributed by atoms with van der Waals surface area (Å²) in [5.41, 5.74) is 0.789. The van der Waals surface area contributed by atoms with Crippen LogP contribution in [0.5, 0.6) is 0 Å². The molecule has 0 atom stereocenters. The summed E-state index contributed by atoms with van der Waals surface area (Å²) >= 11 is 1.08. The molecule has 0 aliphatic carbocycles. The number of aryl methyl sites for hydroxylation is 1. The van der Waals surface area contributed by atoms with Crippen LogP contribution in [0.1, 0.15) is 33.1 Å². The van der Waals surface area contributed by atoms with Crippen molar-refractivity contribution in [3.63, 3.8) is 0 Å². The number of hydrogen-bond acceptors (Lipinski definition) is 4. The van der Waals surface area contributed by atoms with E-state index in [1.54, 1.807) is 22.8 Å². The van der Waals surface area contributed by atoms with Gasteiger partial charge in [-0.15, -0.1) is 0 Å². The van der Waals surface area contributed by atoms with E-state index in [9.17, 15) is 13.2 Å². The third kappa shape index (κ3) is 3.53. The quantitative estimate of drug-likeness (QED) is 0.794. The minimum absolute atomic E-state index is 0.0575. The number of rotatable bonds is 7. The lowest BCUT2D eigenvalue weighted by molar-refractivity contribution is 0.576. The Morgan fingerprint density at radius 1 is 1.24 bits per heavy atom. The fraction of sp³-hybridized carbons (Fsp3) is 0.500. The van der Waals surface area contributed by atoms with E-state index in [0.717, 1.165) is 36.1 Å². The molecule has 0 aliphatic rings. The first-order valence-electron chi connectivity index (χ1n) is 7.12. The summed E-state index contributed by atoms with van der Waals surface area (Å²) in [5.74, 6) is 0. The predicted octanol–water partition coefficient (Wildman–Crippen LogP) is 2.55. The zero-order valence-electron chi connectivity index (χ0n) is 12.3. The highest BCUT2D eigenvalue weighted by atomic mass is 32.2. The Labute approximate surface area is 128 Å². The lowest BCUT2D eigenvalue weighted by Crippen LogP contribution is -2.24. The SMILES string of the molecule is CCCCCNS(=O)(=O)c1ccc2c(c1)sc(=O)n2CC. The average Bonchev–Trinajstić information content (AvgIpc) is 2.77. The highest BCUT2D eigenvalue weighted by Crippen LogP contribution is 2.21. The van der Waals surface area contributed by atoms with Crippen LogP contribution in [0.4, 0.5) is 0 Å². The first kappa shape index (κ1) is 16.2. The molecule has 0 fully saturated rings. The third-order valence-corrected chi connectivity index (χ3v) is 5.74. The van der Waals surface area contributed by atoms with Crippen LogP contribution in [-0.2, 0) is 16.6 Å². The molecule has 0 unspecified atom stereocenters. The molecule has 0 saturated carbocycles. The number of unbranched alkanes of at least 4 members (excludes halogenated alkanes) is 2. The van der Waals surface area contributed by atoms with Gasteiger partial charge in [-0.05, 0) is 31.5 Å². The van der Waals surface area contributed by atoms with Crippen LogP contribution in [0, 0.1) is 0 Å². The number of hydrogen-bond donors (Lipinski definition) is 1. The predicted molar refractivity (Wildman–Crippen MR) is 86.5 cm³/mol. The van der Waals surface area contributed by atoms with E-state index in [-0.39, 0.29) is 9.77 Å². The Morgan fingerprint density at radius 3 is 2.67 bits per heavy atom. The first-order valence-corrected chi connectivity index (χ1v) is 9.42. The fourth-order valence-electron chi connectivity index (χ4n) is 2.18. The second kappa shape index (κ2) is 6.72. The van der Waals surface area contributed by atoms with Crippen molar-refractivity contribution in [1.29, 1.82) is 0 Å². The molecule has 0 amide bonds. The summed E-state index contributed by atoms with van der Waals surface area (Å²) < 4.78 is 29.4. The van der Waals surface area contributed by atoms with Gasteiger partial charge in [0.05, 0.1) is 15.1 Å². The molecule has 1 N–H and O–H groups in total. The fourth-order valence-corrected chi connectivity index (χ4v) is 4.35. The van der Waals surface area contributed by atoms with E-state index in [1.807, 2.05) is 6.92 Å². The van der Waals surface area contributed by atoms with E-state index in [1.165, 1.54) is 0 Å². The van der Waals surface area contributed by atoms with E-state index < -0.39 is 10.0 Å². The van der Waals surface area contributed by atoms with Gasteiger partial charge in [0.25, 0.3) is 0 Å². The van der Waals surface area contributed by atoms with Crippen molar-refractivity contribution in [3.05, 3.63) is 27.9 Å². The van der Waals surface area contributed by atoms with Gasteiger partial charge in [0.2, 0.25) is 10.0 Å². The number of thiazole rings is 1. The van der Waals surface area contributed by atoms with Gasteiger partial charge in [0.1, 0.15) is 0 Å². The van der Waals surface area contributed by atoms with Gasteiger partial charge >= 0.3 is 4.87 Å². The summed E-state index contributed by atoms with van der Waals surface area (Å²) in [5, 5.41) is 0. The largest absolute Gasteiger partial charge is 0.308 e. The topological polar surface area (TPSA) is 68.2 Å². The smallest absolute Gasteiger partial charge is 0.299 e. The maximum absolute atomic E-state index is 12.2. The van der Waals surface area contributed by atoms with Gasteiger partial charge in [-0.3, -0.25) is 9.36 Å². The summed E-state index contributed by atoms with van der Waals surface area (Å²) in [4.78, 5) is 12.0. The third-order valence-electron chi connectivity index (χ3n) is 3.34. The van der Waals surface area contributed by atoms with Gasteiger partial charge in [-0.1, -0.05) is 31.1 Å². The summed E-state index contributed by atoms with van der Waals surface area (Å²) in [6, 6.07) is 4.84. The molecule has 1 aromatic carbocycles. The second-order valence-electron chi connectivity index (χ2n) is 4.85. The zero-order chi connectivity index (χ0) is 15.5. The molecule has 1 aromatic heterocycles. The minimum atomic E-state index is -3.50. The van der Waals surface area contributed by atoms with Crippen LogP contribution >= 0.6 is 11.3 Å². The monoisotopic (exact) mass is 328 g/mol. The van der Waals surface area contributed by atoms with Gasteiger partial charge < -0.3 is 0 Å². The molecule has 1 heterocycles. The van der Waals surface area contributed by atoms with Gasteiger partial charge in [0, 0.05) is 13.1 Å². The number of fused-ring (bicyclic) bond motifs is 1. The lowest BCUT2D eigenvalue weighted by atomic mass is 10.3. The van der Waals surface area contributed by atoms with E-state index >= 15 is 0 Å². The molecule has 0 saturated heterocycles. The molecule has 0 radical (unpaired) electrons. The second-order valence-corrected chi connectivity index (χ2v) is 7.61. The molecule has 0 bridgehead atoms. The van der Waals surface area contributed by atoms with Crippen molar-refractivity contribution in [3.8, 4) is 0 Å². The van der Waals surface area contributed by atoms with Crippen LogP contribution in [0.3, 0.4) is 0 Å². The van der Waals surface area contributed by atoms with E-state index in [2.05, 4.69) is 11.6 Å². The summed E-state index contributed by atoms with van der Waals surface area (Å²) in [6.45, 7) is 5.00. The molecule has 5 nitrogen and oxygen atoms in total. The molecule has 0 spiro atoms. The Morgan fingerprint density at radius 2 is 2.00 bits per heavy atom. The lowest BCUT2D eigenvalue weighted by Gasteiger charge is -2.07. The minimum Gasteiger partial charge on any atom is -0.299 e. The molecule has 116 valence electrons. The van der Waals surface area contributed by atoms with Crippen molar-refractivity contribution in [1.82, 2.24) is 9.29 Å². The van der Waals surface area contributed by atoms with Crippen molar-refractivity contribution in [2.75, 3.05) is 6.54 Å². The Balaban J connectivity index is 2.28.